The first-order valence-corrected chi connectivity index (χ1v) is 8.11. The van der Waals surface area contributed by atoms with E-state index in [4.69, 9.17) is 0 Å². The number of hydrogen-bond acceptors (Lipinski definition) is 2. The van der Waals surface area contributed by atoms with Crippen LogP contribution in [0.3, 0.4) is 0 Å². The average molecular weight is 325 g/mol. The van der Waals surface area contributed by atoms with Crippen LogP contribution in [-0.4, -0.2) is 37.0 Å². The first-order valence-electron chi connectivity index (χ1n) is 8.11. The van der Waals surface area contributed by atoms with E-state index in [1.165, 1.54) is 12.0 Å². The quantitative estimate of drug-likeness (QED) is 0.902. The Hall–Kier alpha value is -1.06. The Bertz CT molecular complexity index is 450. The second-order valence-corrected chi connectivity index (χ2v) is 6.45. The fourth-order valence-electron chi connectivity index (χ4n) is 3.12. The van der Waals surface area contributed by atoms with Crippen LogP contribution in [0.1, 0.15) is 32.3 Å². The minimum Gasteiger partial charge on any atom is -0.341 e. The maximum Gasteiger partial charge on any atom is 0.226 e. The molecule has 2 unspecified atom stereocenters. The maximum atomic E-state index is 12.9. The van der Waals surface area contributed by atoms with Gasteiger partial charge < -0.3 is 10.2 Å². The Labute approximate surface area is 140 Å². The molecule has 3 nitrogen and oxygen atoms in total. The van der Waals surface area contributed by atoms with Gasteiger partial charge in [0.2, 0.25) is 5.91 Å². The van der Waals surface area contributed by atoms with Crippen molar-refractivity contribution in [1.29, 1.82) is 0 Å². The van der Waals surface area contributed by atoms with E-state index in [1.807, 2.05) is 13.1 Å². The molecule has 0 bridgehead atoms. The molecule has 124 valence electrons. The first kappa shape index (κ1) is 19.0. The van der Waals surface area contributed by atoms with Crippen molar-refractivity contribution < 1.29 is 4.79 Å². The Balaban J connectivity index is 0.00000242. The van der Waals surface area contributed by atoms with Crippen LogP contribution >= 0.6 is 12.4 Å². The highest BCUT2D eigenvalue weighted by molar-refractivity contribution is 5.85. The molecule has 1 amide bonds. The average Bonchev–Trinajstić information content (AvgIpc) is 2.52. The molecule has 22 heavy (non-hydrogen) atoms. The molecule has 1 aliphatic heterocycles. The largest absolute Gasteiger partial charge is 0.341 e. The molecule has 1 fully saturated rings. The summed E-state index contributed by atoms with van der Waals surface area (Å²) in [5, 5.41) is 3.31. The molecule has 1 heterocycles. The summed E-state index contributed by atoms with van der Waals surface area (Å²) in [6.07, 6.45) is 3.12. The van der Waals surface area contributed by atoms with Crippen LogP contribution < -0.4 is 5.32 Å². The Morgan fingerprint density at radius 1 is 1.32 bits per heavy atom. The van der Waals surface area contributed by atoms with Gasteiger partial charge in [0.25, 0.3) is 0 Å². The van der Waals surface area contributed by atoms with Gasteiger partial charge in [-0.1, -0.05) is 44.2 Å². The van der Waals surface area contributed by atoms with Crippen LogP contribution in [0.25, 0.3) is 0 Å². The zero-order valence-corrected chi connectivity index (χ0v) is 14.7. The maximum absolute atomic E-state index is 12.9. The second kappa shape index (κ2) is 9.16. The summed E-state index contributed by atoms with van der Waals surface area (Å²) in [5.41, 5.74) is 1.26. The highest BCUT2D eigenvalue weighted by atomic mass is 35.5. The highest BCUT2D eigenvalue weighted by Gasteiger charge is 2.30. The fraction of sp³-hybridized carbons (Fsp3) is 0.611. The van der Waals surface area contributed by atoms with Crippen molar-refractivity contribution >= 4 is 18.3 Å². The highest BCUT2D eigenvalue weighted by Crippen LogP contribution is 2.22. The molecule has 2 atom stereocenters. The number of nitrogens with zero attached hydrogens (tertiary/aromatic N) is 1. The van der Waals surface area contributed by atoms with Crippen molar-refractivity contribution in [1.82, 2.24) is 10.2 Å². The monoisotopic (exact) mass is 324 g/mol. The molecule has 0 aromatic heterocycles. The van der Waals surface area contributed by atoms with E-state index in [1.54, 1.807) is 0 Å². The summed E-state index contributed by atoms with van der Waals surface area (Å²) in [6.45, 7) is 6.08. The van der Waals surface area contributed by atoms with Crippen LogP contribution in [0, 0.1) is 11.8 Å². The predicted octanol–water partition coefficient (Wildman–Crippen LogP) is 3.13. The van der Waals surface area contributed by atoms with Crippen molar-refractivity contribution in [3.05, 3.63) is 35.9 Å². The number of nitrogens with one attached hydrogen (secondary N) is 1. The molecular weight excluding hydrogens is 296 g/mol. The number of amides is 1. The van der Waals surface area contributed by atoms with Crippen molar-refractivity contribution in [3.8, 4) is 0 Å². The van der Waals surface area contributed by atoms with Crippen LogP contribution in [0.15, 0.2) is 30.3 Å². The molecule has 1 saturated heterocycles. The van der Waals surface area contributed by atoms with E-state index in [0.717, 1.165) is 25.9 Å². The summed E-state index contributed by atoms with van der Waals surface area (Å²) in [5.74, 6) is 0.782. The van der Waals surface area contributed by atoms with Crippen LogP contribution in [-0.2, 0) is 11.2 Å². The van der Waals surface area contributed by atoms with E-state index in [2.05, 4.69) is 48.3 Å². The normalized spacial score (nSPS) is 19.6. The van der Waals surface area contributed by atoms with E-state index >= 15 is 0 Å². The molecule has 1 N–H and O–H groups in total. The van der Waals surface area contributed by atoms with E-state index in [9.17, 15) is 4.79 Å². The summed E-state index contributed by atoms with van der Waals surface area (Å²) < 4.78 is 0. The lowest BCUT2D eigenvalue weighted by atomic mass is 9.87. The number of hydrogen-bond donors (Lipinski definition) is 1. The topological polar surface area (TPSA) is 32.3 Å². The first-order chi connectivity index (χ1) is 10.1. The molecule has 0 aliphatic carbocycles. The van der Waals surface area contributed by atoms with Gasteiger partial charge in [-0.25, -0.2) is 0 Å². The second-order valence-electron chi connectivity index (χ2n) is 6.45. The SMILES string of the molecule is CNC1CCCN(C(=O)C(Cc2ccccc2)C(C)C)C1.Cl. The van der Waals surface area contributed by atoms with E-state index < -0.39 is 0 Å². The molecule has 0 radical (unpaired) electrons. The molecule has 1 aromatic rings. The minimum atomic E-state index is 0. The Morgan fingerprint density at radius 2 is 2.00 bits per heavy atom. The van der Waals surface area contributed by atoms with Gasteiger partial charge in [-0.2, -0.15) is 0 Å². The number of halogens is 1. The number of carbonyl (C=O) groups is 1. The lowest BCUT2D eigenvalue weighted by molar-refractivity contribution is -0.138. The Kier molecular flexibility index (Phi) is 7.91. The lowest BCUT2D eigenvalue weighted by Gasteiger charge is -2.36. The standard InChI is InChI=1S/C18H28N2O.ClH/c1-14(2)17(12-15-8-5-4-6-9-15)18(21)20-11-7-10-16(13-20)19-3;/h4-6,8-9,14,16-17,19H,7,10-13H2,1-3H3;1H. The lowest BCUT2D eigenvalue weighted by Crippen LogP contribution is -2.49. The summed E-state index contributed by atoms with van der Waals surface area (Å²) in [6, 6.07) is 10.8. The fourth-order valence-corrected chi connectivity index (χ4v) is 3.12. The van der Waals surface area contributed by atoms with Gasteiger partial charge in [0.15, 0.2) is 0 Å². The number of rotatable bonds is 5. The molecule has 0 saturated carbocycles. The van der Waals surface area contributed by atoms with Crippen LogP contribution in [0.2, 0.25) is 0 Å². The Morgan fingerprint density at radius 3 is 2.59 bits per heavy atom. The van der Waals surface area contributed by atoms with Crippen LogP contribution in [0.4, 0.5) is 0 Å². The minimum absolute atomic E-state index is 0. The van der Waals surface area contributed by atoms with Crippen molar-refractivity contribution in [2.45, 2.75) is 39.2 Å². The van der Waals surface area contributed by atoms with Crippen molar-refractivity contribution in [3.63, 3.8) is 0 Å². The van der Waals surface area contributed by atoms with E-state index in [-0.39, 0.29) is 18.3 Å². The smallest absolute Gasteiger partial charge is 0.226 e. The third-order valence-electron chi connectivity index (χ3n) is 4.56. The number of likely N-dealkylation sites (tertiary alicyclic amines) is 1. The summed E-state index contributed by atoms with van der Waals surface area (Å²) in [4.78, 5) is 15.0. The van der Waals surface area contributed by atoms with Gasteiger partial charge in [-0.3, -0.25) is 4.79 Å². The summed E-state index contributed by atoms with van der Waals surface area (Å²) >= 11 is 0. The van der Waals surface area contributed by atoms with Gasteiger partial charge in [-0.05, 0) is 37.8 Å². The van der Waals surface area contributed by atoms with Gasteiger partial charge in [0, 0.05) is 25.0 Å². The zero-order valence-electron chi connectivity index (χ0n) is 13.9. The van der Waals surface area contributed by atoms with Crippen molar-refractivity contribution in [2.75, 3.05) is 20.1 Å². The molecule has 2 rings (SSSR count). The number of piperidine rings is 1. The third kappa shape index (κ3) is 4.99. The molecule has 0 spiro atoms. The third-order valence-corrected chi connectivity index (χ3v) is 4.56. The van der Waals surface area contributed by atoms with E-state index in [0.29, 0.717) is 17.9 Å². The zero-order chi connectivity index (χ0) is 15.2. The number of likely N-dealkylation sites (N-methyl/N-ethyl adjacent to an activating group) is 1. The van der Waals surface area contributed by atoms with Gasteiger partial charge >= 0.3 is 0 Å². The van der Waals surface area contributed by atoms with Crippen molar-refractivity contribution in [2.24, 2.45) is 11.8 Å². The van der Waals surface area contributed by atoms with Gasteiger partial charge in [0.1, 0.15) is 0 Å². The predicted molar refractivity (Wildman–Crippen MR) is 94.4 cm³/mol. The number of carbonyl (C=O) groups excluding carboxylic acids is 1. The van der Waals surface area contributed by atoms with Gasteiger partial charge in [0.05, 0.1) is 0 Å². The molecule has 1 aliphatic rings. The summed E-state index contributed by atoms with van der Waals surface area (Å²) in [7, 11) is 1.99. The molecule has 4 heteroatoms. The molecular formula is C18H29ClN2O. The van der Waals surface area contributed by atoms with Gasteiger partial charge in [-0.15, -0.1) is 12.4 Å². The molecule has 1 aromatic carbocycles. The van der Waals surface area contributed by atoms with Crippen LogP contribution in [0.5, 0.6) is 0 Å². The number of benzene rings is 1.